The van der Waals surface area contributed by atoms with Gasteiger partial charge in [-0.15, -0.1) is 0 Å². The number of rotatable bonds is 7. The summed E-state index contributed by atoms with van der Waals surface area (Å²) in [5.41, 5.74) is 4.81. The molecule has 1 aromatic heterocycles. The SMILES string of the molecule is CCCOc1cc(C(=O)N(C)Cc2cccc3cn[nH]c23)ccc1-c1cccc(C#N)c1. The number of carbonyl (C=O) groups is 1. The first-order chi connectivity index (χ1) is 15.6. The molecule has 0 saturated carbocycles. The molecule has 32 heavy (non-hydrogen) atoms. The third kappa shape index (κ3) is 4.33. The zero-order valence-corrected chi connectivity index (χ0v) is 18.1. The van der Waals surface area contributed by atoms with Crippen LogP contribution in [0.5, 0.6) is 5.75 Å². The van der Waals surface area contributed by atoms with E-state index in [0.29, 0.717) is 30.0 Å². The highest BCUT2D eigenvalue weighted by atomic mass is 16.5. The van der Waals surface area contributed by atoms with E-state index in [1.807, 2.05) is 55.5 Å². The van der Waals surface area contributed by atoms with Crippen LogP contribution >= 0.6 is 0 Å². The van der Waals surface area contributed by atoms with Crippen molar-refractivity contribution in [3.05, 3.63) is 83.6 Å². The number of ether oxygens (including phenoxy) is 1. The molecule has 0 fully saturated rings. The number of nitrogens with zero attached hydrogens (tertiary/aromatic N) is 3. The molecule has 0 unspecified atom stereocenters. The Kier molecular flexibility index (Phi) is 6.18. The van der Waals surface area contributed by atoms with Gasteiger partial charge in [-0.3, -0.25) is 9.89 Å². The van der Waals surface area contributed by atoms with Crippen LogP contribution in [-0.4, -0.2) is 34.7 Å². The number of aromatic amines is 1. The molecule has 0 aliphatic heterocycles. The monoisotopic (exact) mass is 424 g/mol. The Morgan fingerprint density at radius 1 is 1.16 bits per heavy atom. The van der Waals surface area contributed by atoms with Gasteiger partial charge in [-0.05, 0) is 47.9 Å². The molecule has 0 aliphatic rings. The molecule has 6 heteroatoms. The molecule has 160 valence electrons. The summed E-state index contributed by atoms with van der Waals surface area (Å²) in [6.07, 6.45) is 2.63. The molecule has 4 aromatic rings. The third-order valence-corrected chi connectivity index (χ3v) is 5.31. The number of fused-ring (bicyclic) bond motifs is 1. The number of hydrogen-bond donors (Lipinski definition) is 1. The van der Waals surface area contributed by atoms with E-state index < -0.39 is 0 Å². The molecule has 4 rings (SSSR count). The van der Waals surface area contributed by atoms with Crippen molar-refractivity contribution in [3.8, 4) is 22.9 Å². The lowest BCUT2D eigenvalue weighted by Gasteiger charge is -2.19. The lowest BCUT2D eigenvalue weighted by Crippen LogP contribution is -2.26. The number of benzene rings is 3. The Morgan fingerprint density at radius 3 is 2.81 bits per heavy atom. The van der Waals surface area contributed by atoms with Gasteiger partial charge in [-0.2, -0.15) is 10.4 Å². The first-order valence-corrected chi connectivity index (χ1v) is 10.5. The fraction of sp³-hybridized carbons (Fsp3) is 0.192. The summed E-state index contributed by atoms with van der Waals surface area (Å²) in [7, 11) is 1.79. The summed E-state index contributed by atoms with van der Waals surface area (Å²) >= 11 is 0. The van der Waals surface area contributed by atoms with E-state index in [0.717, 1.165) is 34.0 Å². The lowest BCUT2D eigenvalue weighted by molar-refractivity contribution is 0.0785. The number of para-hydroxylation sites is 1. The Morgan fingerprint density at radius 2 is 2.00 bits per heavy atom. The molecular formula is C26H24N4O2. The van der Waals surface area contributed by atoms with Crippen molar-refractivity contribution in [1.29, 1.82) is 5.26 Å². The molecule has 0 aliphatic carbocycles. The predicted octanol–water partition coefficient (Wildman–Crippen LogP) is 5.16. The first-order valence-electron chi connectivity index (χ1n) is 10.5. The van der Waals surface area contributed by atoms with Crippen molar-refractivity contribution in [3.63, 3.8) is 0 Å². The van der Waals surface area contributed by atoms with E-state index in [1.54, 1.807) is 30.3 Å². The van der Waals surface area contributed by atoms with Crippen LogP contribution in [0.2, 0.25) is 0 Å². The summed E-state index contributed by atoms with van der Waals surface area (Å²) < 4.78 is 5.98. The molecule has 0 saturated heterocycles. The second-order valence-electron chi connectivity index (χ2n) is 7.66. The van der Waals surface area contributed by atoms with Gasteiger partial charge in [-0.1, -0.05) is 37.3 Å². The Balaban J connectivity index is 1.63. The number of carbonyl (C=O) groups excluding carboxylic acids is 1. The van der Waals surface area contributed by atoms with Crippen molar-refractivity contribution in [2.24, 2.45) is 0 Å². The van der Waals surface area contributed by atoms with Gasteiger partial charge < -0.3 is 9.64 Å². The number of nitrogens with one attached hydrogen (secondary N) is 1. The number of hydrogen-bond acceptors (Lipinski definition) is 4. The quantitative estimate of drug-likeness (QED) is 0.444. The highest BCUT2D eigenvalue weighted by Crippen LogP contribution is 2.32. The molecule has 1 amide bonds. The average molecular weight is 425 g/mol. The minimum atomic E-state index is -0.0970. The van der Waals surface area contributed by atoms with Crippen molar-refractivity contribution in [2.75, 3.05) is 13.7 Å². The maximum Gasteiger partial charge on any atom is 0.254 e. The van der Waals surface area contributed by atoms with Crippen LogP contribution in [0, 0.1) is 11.3 Å². The minimum Gasteiger partial charge on any atom is -0.493 e. The van der Waals surface area contributed by atoms with Gasteiger partial charge in [-0.25, -0.2) is 0 Å². The summed E-state index contributed by atoms with van der Waals surface area (Å²) in [6, 6.07) is 21.0. The molecule has 1 heterocycles. The highest BCUT2D eigenvalue weighted by Gasteiger charge is 2.17. The number of H-pyrrole nitrogens is 1. The number of amides is 1. The zero-order valence-electron chi connectivity index (χ0n) is 18.1. The second-order valence-corrected chi connectivity index (χ2v) is 7.66. The van der Waals surface area contributed by atoms with Gasteiger partial charge >= 0.3 is 0 Å². The van der Waals surface area contributed by atoms with Crippen LogP contribution in [0.4, 0.5) is 0 Å². The Hall–Kier alpha value is -4.11. The van der Waals surface area contributed by atoms with Gasteiger partial charge in [0.05, 0.1) is 30.0 Å². The molecule has 0 atom stereocenters. The fourth-order valence-electron chi connectivity index (χ4n) is 3.69. The highest BCUT2D eigenvalue weighted by molar-refractivity contribution is 5.95. The molecule has 0 spiro atoms. The van der Waals surface area contributed by atoms with Gasteiger partial charge in [0.1, 0.15) is 5.75 Å². The van der Waals surface area contributed by atoms with E-state index >= 15 is 0 Å². The average Bonchev–Trinajstić information content (AvgIpc) is 3.32. The normalized spacial score (nSPS) is 10.7. The third-order valence-electron chi connectivity index (χ3n) is 5.31. The van der Waals surface area contributed by atoms with E-state index in [9.17, 15) is 10.1 Å². The van der Waals surface area contributed by atoms with Crippen LogP contribution in [0.15, 0.2) is 66.9 Å². The molecule has 1 N–H and O–H groups in total. The van der Waals surface area contributed by atoms with Crippen LogP contribution in [0.1, 0.15) is 34.8 Å². The molecule has 6 nitrogen and oxygen atoms in total. The smallest absolute Gasteiger partial charge is 0.254 e. The van der Waals surface area contributed by atoms with Crippen LogP contribution in [0.25, 0.3) is 22.0 Å². The van der Waals surface area contributed by atoms with Crippen LogP contribution in [-0.2, 0) is 6.54 Å². The Bertz CT molecular complexity index is 1300. The summed E-state index contributed by atoms with van der Waals surface area (Å²) in [6.45, 7) is 3.03. The molecular weight excluding hydrogens is 400 g/mol. The minimum absolute atomic E-state index is 0.0970. The zero-order chi connectivity index (χ0) is 22.5. The van der Waals surface area contributed by atoms with E-state index in [-0.39, 0.29) is 5.91 Å². The predicted molar refractivity (Wildman–Crippen MR) is 124 cm³/mol. The lowest BCUT2D eigenvalue weighted by atomic mass is 10.00. The van der Waals surface area contributed by atoms with E-state index in [1.165, 1.54) is 0 Å². The molecule has 0 bridgehead atoms. The topological polar surface area (TPSA) is 82.0 Å². The summed E-state index contributed by atoms with van der Waals surface area (Å²) in [5, 5.41) is 17.4. The largest absolute Gasteiger partial charge is 0.493 e. The van der Waals surface area contributed by atoms with Crippen molar-refractivity contribution >= 4 is 16.8 Å². The number of aromatic nitrogens is 2. The van der Waals surface area contributed by atoms with Crippen LogP contribution in [0.3, 0.4) is 0 Å². The van der Waals surface area contributed by atoms with E-state index in [2.05, 4.69) is 16.3 Å². The standard InChI is InChI=1S/C26H24N4O2/c1-3-12-32-24-14-20(10-11-23(24)19-7-4-6-18(13-19)15-27)26(31)30(2)17-22-9-5-8-21-16-28-29-25(21)22/h4-11,13-14,16H,3,12,17H2,1-2H3,(H,28,29). The van der Waals surface area contributed by atoms with Crippen molar-refractivity contribution < 1.29 is 9.53 Å². The van der Waals surface area contributed by atoms with Gasteiger partial charge in [0, 0.05) is 30.1 Å². The maximum atomic E-state index is 13.2. The van der Waals surface area contributed by atoms with Crippen molar-refractivity contribution in [1.82, 2.24) is 15.1 Å². The molecule has 0 radical (unpaired) electrons. The summed E-state index contributed by atoms with van der Waals surface area (Å²) in [4.78, 5) is 14.9. The summed E-state index contributed by atoms with van der Waals surface area (Å²) in [5.74, 6) is 0.539. The molecule has 3 aromatic carbocycles. The van der Waals surface area contributed by atoms with E-state index in [4.69, 9.17) is 4.74 Å². The van der Waals surface area contributed by atoms with Gasteiger partial charge in [0.2, 0.25) is 0 Å². The van der Waals surface area contributed by atoms with Crippen molar-refractivity contribution in [2.45, 2.75) is 19.9 Å². The van der Waals surface area contributed by atoms with Crippen LogP contribution < -0.4 is 4.74 Å². The van der Waals surface area contributed by atoms with Gasteiger partial charge in [0.25, 0.3) is 5.91 Å². The second kappa shape index (κ2) is 9.36. The van der Waals surface area contributed by atoms with Gasteiger partial charge in [0.15, 0.2) is 0 Å². The Labute approximate surface area is 187 Å². The first kappa shape index (κ1) is 21.1. The fourth-order valence-corrected chi connectivity index (χ4v) is 3.69. The number of nitriles is 1. The maximum absolute atomic E-state index is 13.2.